The molecule has 1 aromatic heterocycles. The molecule has 0 atom stereocenters. The van der Waals surface area contributed by atoms with Crippen LogP contribution in [0.3, 0.4) is 0 Å². The minimum absolute atomic E-state index is 0.196. The van der Waals surface area contributed by atoms with Gasteiger partial charge in [-0.15, -0.1) is 6.42 Å². The van der Waals surface area contributed by atoms with Crippen molar-refractivity contribution in [2.75, 3.05) is 13.1 Å². The predicted molar refractivity (Wildman–Crippen MR) is 135 cm³/mol. The number of hydrogen-bond acceptors (Lipinski definition) is 4. The molecule has 4 aromatic rings. The van der Waals surface area contributed by atoms with E-state index in [-0.39, 0.29) is 11.4 Å². The Morgan fingerprint density at radius 1 is 1.00 bits per heavy atom. The molecule has 5 rings (SSSR count). The number of carbonyl (C=O) groups is 1. The fourth-order valence-corrected chi connectivity index (χ4v) is 6.98. The normalized spacial score (nSPS) is 15.6. The zero-order valence-electron chi connectivity index (χ0n) is 18.5. The molecule has 1 amide bonds. The number of piperidine rings is 1. The second-order valence-corrected chi connectivity index (χ2v) is 11.1. The molecule has 0 aliphatic carbocycles. The van der Waals surface area contributed by atoms with Crippen LogP contribution in [0.5, 0.6) is 0 Å². The lowest BCUT2D eigenvalue weighted by molar-refractivity contribution is 0.0998. The molecule has 0 saturated carbocycles. The summed E-state index contributed by atoms with van der Waals surface area (Å²) in [5.41, 5.74) is 1.25. The molecule has 1 aliphatic rings. The van der Waals surface area contributed by atoms with Crippen LogP contribution in [0.4, 0.5) is 0 Å². The summed E-state index contributed by atoms with van der Waals surface area (Å²) in [6.07, 6.45) is 8.39. The van der Waals surface area contributed by atoms with E-state index in [1.807, 2.05) is 41.0 Å². The minimum Gasteiger partial charge on any atom is -0.305 e. The van der Waals surface area contributed by atoms with Crippen LogP contribution in [0.1, 0.15) is 29.6 Å². The van der Waals surface area contributed by atoms with Gasteiger partial charge < -0.3 is 4.57 Å². The molecule has 1 saturated heterocycles. The number of terminal acetylenes is 1. The molecule has 1 fully saturated rings. The first-order valence-corrected chi connectivity index (χ1v) is 13.4. The van der Waals surface area contributed by atoms with Crippen molar-refractivity contribution in [1.82, 2.24) is 8.87 Å². The third-order valence-electron chi connectivity index (χ3n) is 6.07. The van der Waals surface area contributed by atoms with Crippen LogP contribution in [0.25, 0.3) is 21.0 Å². The van der Waals surface area contributed by atoms with Gasteiger partial charge in [0.2, 0.25) is 10.0 Å². The summed E-state index contributed by atoms with van der Waals surface area (Å²) in [6.45, 7) is 1.36. The van der Waals surface area contributed by atoms with Gasteiger partial charge in [0.25, 0.3) is 5.91 Å². The number of rotatable bonds is 4. The quantitative estimate of drug-likeness (QED) is 0.399. The van der Waals surface area contributed by atoms with E-state index in [2.05, 4.69) is 10.9 Å². The largest absolute Gasteiger partial charge is 0.305 e. The SMILES string of the molecule is C#CCn1c(=NC(=O)c2ccc(S(=O)(=O)N3CCCCC3)cc2)sc2c3ccccc3ccc21. The van der Waals surface area contributed by atoms with Crippen molar-refractivity contribution >= 4 is 48.3 Å². The maximum absolute atomic E-state index is 13.0. The number of thiazole rings is 1. The van der Waals surface area contributed by atoms with Crippen molar-refractivity contribution in [2.45, 2.75) is 30.7 Å². The average Bonchev–Trinajstić information content (AvgIpc) is 3.22. The van der Waals surface area contributed by atoms with Crippen molar-refractivity contribution in [3.8, 4) is 12.3 Å². The number of sulfonamides is 1. The van der Waals surface area contributed by atoms with E-state index in [1.54, 1.807) is 0 Å². The van der Waals surface area contributed by atoms with E-state index in [0.717, 1.165) is 40.3 Å². The number of carbonyl (C=O) groups excluding carboxylic acids is 1. The Hall–Kier alpha value is -3.25. The third-order valence-corrected chi connectivity index (χ3v) is 9.11. The highest BCUT2D eigenvalue weighted by atomic mass is 32.2. The van der Waals surface area contributed by atoms with E-state index >= 15 is 0 Å². The number of benzene rings is 3. The van der Waals surface area contributed by atoms with Gasteiger partial charge >= 0.3 is 0 Å². The summed E-state index contributed by atoms with van der Waals surface area (Å²) < 4.78 is 30.2. The first-order valence-electron chi connectivity index (χ1n) is 11.1. The highest BCUT2D eigenvalue weighted by Gasteiger charge is 2.26. The standard InChI is InChI=1S/C26H23N3O3S2/c1-2-16-29-23-15-12-19-8-4-5-9-22(19)24(23)33-26(29)27-25(30)20-10-13-21(14-11-20)34(31,32)28-17-6-3-7-18-28/h1,4-5,8-15H,3,6-7,16-18H2. The second-order valence-electron chi connectivity index (χ2n) is 8.22. The molecule has 34 heavy (non-hydrogen) atoms. The van der Waals surface area contributed by atoms with Crippen LogP contribution in [-0.2, 0) is 16.6 Å². The summed E-state index contributed by atoms with van der Waals surface area (Å²) >= 11 is 1.42. The van der Waals surface area contributed by atoms with Crippen molar-refractivity contribution in [1.29, 1.82) is 0 Å². The number of hydrogen-bond donors (Lipinski definition) is 0. The van der Waals surface area contributed by atoms with Gasteiger partial charge in [-0.05, 0) is 48.6 Å². The molecule has 2 heterocycles. The number of amides is 1. The summed E-state index contributed by atoms with van der Waals surface area (Å²) in [7, 11) is -3.55. The van der Waals surface area contributed by atoms with Gasteiger partial charge in [0.1, 0.15) is 0 Å². The molecule has 0 spiro atoms. The van der Waals surface area contributed by atoms with Gasteiger partial charge in [0.05, 0.1) is 21.7 Å². The zero-order chi connectivity index (χ0) is 23.7. The predicted octanol–water partition coefficient (Wildman–Crippen LogP) is 4.40. The number of fused-ring (bicyclic) bond motifs is 3. The summed E-state index contributed by atoms with van der Waals surface area (Å²) in [6, 6.07) is 18.1. The molecular weight excluding hydrogens is 466 g/mol. The topological polar surface area (TPSA) is 71.7 Å². The number of nitrogens with zero attached hydrogens (tertiary/aromatic N) is 3. The first-order chi connectivity index (χ1) is 16.5. The highest BCUT2D eigenvalue weighted by Crippen LogP contribution is 2.28. The average molecular weight is 490 g/mol. The molecule has 1 aliphatic heterocycles. The summed E-state index contributed by atoms with van der Waals surface area (Å²) in [5, 5.41) is 2.18. The third kappa shape index (κ3) is 4.07. The molecule has 0 unspecified atom stereocenters. The van der Waals surface area contributed by atoms with Gasteiger partial charge in [-0.3, -0.25) is 4.79 Å². The van der Waals surface area contributed by atoms with Crippen LogP contribution in [0.2, 0.25) is 0 Å². The van der Waals surface area contributed by atoms with E-state index in [4.69, 9.17) is 6.42 Å². The number of aromatic nitrogens is 1. The highest BCUT2D eigenvalue weighted by molar-refractivity contribution is 7.89. The maximum atomic E-state index is 13.0. The van der Waals surface area contributed by atoms with E-state index < -0.39 is 15.9 Å². The first kappa shape index (κ1) is 22.5. The van der Waals surface area contributed by atoms with Crippen LogP contribution in [0, 0.1) is 12.3 Å². The molecule has 6 nitrogen and oxygen atoms in total. The van der Waals surface area contributed by atoms with Gasteiger partial charge in [0.15, 0.2) is 4.80 Å². The van der Waals surface area contributed by atoms with Crippen LogP contribution < -0.4 is 4.80 Å². The lowest BCUT2D eigenvalue weighted by Crippen LogP contribution is -2.35. The van der Waals surface area contributed by atoms with Crippen molar-refractivity contribution in [2.24, 2.45) is 4.99 Å². The monoisotopic (exact) mass is 489 g/mol. The molecule has 0 radical (unpaired) electrons. The Kier molecular flexibility index (Phi) is 6.09. The molecule has 0 N–H and O–H groups in total. The molecule has 3 aromatic carbocycles. The lowest BCUT2D eigenvalue weighted by Gasteiger charge is -2.25. The minimum atomic E-state index is -3.55. The second kappa shape index (κ2) is 9.18. The van der Waals surface area contributed by atoms with Gasteiger partial charge in [-0.1, -0.05) is 54.0 Å². The Balaban J connectivity index is 1.52. The van der Waals surface area contributed by atoms with E-state index in [1.165, 1.54) is 39.9 Å². The maximum Gasteiger partial charge on any atom is 0.279 e. The Morgan fingerprint density at radius 3 is 2.47 bits per heavy atom. The molecular formula is C26H23N3O3S2. The summed E-state index contributed by atoms with van der Waals surface area (Å²) in [5.74, 6) is 2.20. The fraction of sp³-hybridized carbons (Fsp3) is 0.231. The lowest BCUT2D eigenvalue weighted by atomic mass is 10.1. The molecule has 8 heteroatoms. The Morgan fingerprint density at radius 2 is 1.74 bits per heavy atom. The molecule has 0 bridgehead atoms. The van der Waals surface area contributed by atoms with Gasteiger partial charge in [-0.25, -0.2) is 8.42 Å². The Bertz CT molecular complexity index is 1600. The van der Waals surface area contributed by atoms with Crippen molar-refractivity contribution < 1.29 is 13.2 Å². The van der Waals surface area contributed by atoms with Crippen LogP contribution in [-0.4, -0.2) is 36.3 Å². The van der Waals surface area contributed by atoms with Crippen LogP contribution >= 0.6 is 11.3 Å². The Labute approximate surface area is 202 Å². The van der Waals surface area contributed by atoms with E-state index in [0.29, 0.717) is 23.5 Å². The van der Waals surface area contributed by atoms with E-state index in [9.17, 15) is 13.2 Å². The summed E-state index contributed by atoms with van der Waals surface area (Å²) in [4.78, 5) is 18.1. The van der Waals surface area contributed by atoms with Crippen molar-refractivity contribution in [3.63, 3.8) is 0 Å². The zero-order valence-corrected chi connectivity index (χ0v) is 20.1. The van der Waals surface area contributed by atoms with Gasteiger partial charge in [-0.2, -0.15) is 9.30 Å². The smallest absolute Gasteiger partial charge is 0.279 e. The van der Waals surface area contributed by atoms with Gasteiger partial charge in [0, 0.05) is 24.0 Å². The van der Waals surface area contributed by atoms with Crippen LogP contribution in [0.15, 0.2) is 70.6 Å². The molecule has 172 valence electrons. The fourth-order valence-electron chi connectivity index (χ4n) is 4.30. The van der Waals surface area contributed by atoms with Crippen molar-refractivity contribution in [3.05, 3.63) is 71.0 Å².